The fraction of sp³-hybridized carbons (Fsp3) is 0.571. The van der Waals surface area contributed by atoms with Crippen molar-refractivity contribution in [2.45, 2.75) is 25.8 Å². The Labute approximate surface area is 112 Å². The molecule has 1 heterocycles. The molecule has 1 unspecified atom stereocenters. The van der Waals surface area contributed by atoms with Gasteiger partial charge in [0.05, 0.1) is 12.1 Å². The van der Waals surface area contributed by atoms with Crippen LogP contribution in [-0.2, 0) is 0 Å². The van der Waals surface area contributed by atoms with Crippen LogP contribution in [0, 0.1) is 11.2 Å². The Balaban J connectivity index is 2.18. The molecule has 1 fully saturated rings. The summed E-state index contributed by atoms with van der Waals surface area (Å²) in [5.74, 6) is 1.69. The molecule has 1 aliphatic rings. The van der Waals surface area contributed by atoms with Crippen LogP contribution in [0.15, 0.2) is 24.3 Å². The summed E-state index contributed by atoms with van der Waals surface area (Å²) in [5.41, 5.74) is 0.578. The fourth-order valence-electron chi connectivity index (χ4n) is 2.63. The molecule has 0 saturated carbocycles. The summed E-state index contributed by atoms with van der Waals surface area (Å²) in [6.07, 6.45) is 0.889. The number of nitrogens with one attached hydrogen (secondary N) is 1. The molecular weight excluding hydrogens is 249 g/mol. The van der Waals surface area contributed by atoms with E-state index in [9.17, 15) is 9.50 Å². The number of hydrogen-bond acceptors (Lipinski definition) is 3. The predicted molar refractivity (Wildman–Crippen MR) is 75.6 cm³/mol. The first kappa shape index (κ1) is 13.7. The van der Waals surface area contributed by atoms with Gasteiger partial charge in [0, 0.05) is 11.4 Å². The highest BCUT2D eigenvalue weighted by molar-refractivity contribution is 7.99. The van der Waals surface area contributed by atoms with Crippen molar-refractivity contribution in [1.82, 2.24) is 0 Å². The summed E-state index contributed by atoms with van der Waals surface area (Å²) in [6.45, 7) is 4.48. The molecule has 0 aromatic heterocycles. The van der Waals surface area contributed by atoms with E-state index in [4.69, 9.17) is 0 Å². The number of halogens is 1. The average molecular weight is 269 g/mol. The van der Waals surface area contributed by atoms with Crippen LogP contribution in [0.25, 0.3) is 0 Å². The third kappa shape index (κ3) is 3.18. The molecule has 0 bridgehead atoms. The molecule has 2 nitrogen and oxygen atoms in total. The second-order valence-corrected chi connectivity index (χ2v) is 6.89. The van der Waals surface area contributed by atoms with E-state index in [1.807, 2.05) is 17.8 Å². The van der Waals surface area contributed by atoms with Gasteiger partial charge in [0.25, 0.3) is 0 Å². The highest BCUT2D eigenvalue weighted by Crippen LogP contribution is 2.40. The van der Waals surface area contributed by atoms with Gasteiger partial charge >= 0.3 is 0 Å². The average Bonchev–Trinajstić information content (AvgIpc) is 2.27. The zero-order valence-electron chi connectivity index (χ0n) is 10.9. The molecule has 18 heavy (non-hydrogen) atoms. The molecule has 1 saturated heterocycles. The van der Waals surface area contributed by atoms with E-state index in [2.05, 4.69) is 19.2 Å². The van der Waals surface area contributed by atoms with Crippen molar-refractivity contribution >= 4 is 17.4 Å². The van der Waals surface area contributed by atoms with Crippen LogP contribution in [0.3, 0.4) is 0 Å². The van der Waals surface area contributed by atoms with E-state index >= 15 is 0 Å². The molecule has 0 amide bonds. The second-order valence-electron chi connectivity index (χ2n) is 5.91. The molecule has 4 heteroatoms. The van der Waals surface area contributed by atoms with Crippen LogP contribution >= 0.6 is 11.8 Å². The number of anilines is 1. The van der Waals surface area contributed by atoms with E-state index in [1.165, 1.54) is 12.1 Å². The molecule has 0 radical (unpaired) electrons. The molecule has 1 aliphatic heterocycles. The van der Waals surface area contributed by atoms with E-state index in [0.29, 0.717) is 0 Å². The van der Waals surface area contributed by atoms with Crippen LogP contribution in [-0.4, -0.2) is 28.8 Å². The summed E-state index contributed by atoms with van der Waals surface area (Å²) in [7, 11) is 0. The van der Waals surface area contributed by atoms with Gasteiger partial charge in [0.2, 0.25) is 0 Å². The predicted octanol–water partition coefficient (Wildman–Crippen LogP) is 3.13. The number of rotatable bonds is 3. The minimum Gasteiger partial charge on any atom is -0.394 e. The van der Waals surface area contributed by atoms with Crippen LogP contribution in [0.2, 0.25) is 0 Å². The van der Waals surface area contributed by atoms with Gasteiger partial charge in [-0.1, -0.05) is 19.9 Å². The smallest absolute Gasteiger partial charge is 0.125 e. The van der Waals surface area contributed by atoms with Gasteiger partial charge in [-0.2, -0.15) is 11.8 Å². The number of benzene rings is 1. The molecule has 2 rings (SSSR count). The van der Waals surface area contributed by atoms with Gasteiger partial charge < -0.3 is 10.4 Å². The number of hydrogen-bond donors (Lipinski definition) is 2. The van der Waals surface area contributed by atoms with Crippen molar-refractivity contribution in [1.29, 1.82) is 0 Å². The zero-order chi connectivity index (χ0) is 13.2. The van der Waals surface area contributed by atoms with Crippen molar-refractivity contribution in [3.05, 3.63) is 30.1 Å². The molecule has 0 aliphatic carbocycles. The van der Waals surface area contributed by atoms with Crippen molar-refractivity contribution < 1.29 is 9.50 Å². The van der Waals surface area contributed by atoms with E-state index in [1.54, 1.807) is 6.07 Å². The first-order valence-corrected chi connectivity index (χ1v) is 7.33. The normalized spacial score (nSPS) is 26.9. The third-order valence-electron chi connectivity index (χ3n) is 3.22. The first-order chi connectivity index (χ1) is 8.45. The van der Waals surface area contributed by atoms with Crippen LogP contribution in [0.4, 0.5) is 10.1 Å². The molecule has 1 atom stereocenters. The highest BCUT2D eigenvalue weighted by atomic mass is 32.2. The van der Waals surface area contributed by atoms with Crippen molar-refractivity contribution in [3.63, 3.8) is 0 Å². The monoisotopic (exact) mass is 269 g/mol. The molecule has 1 aromatic rings. The molecule has 100 valence electrons. The van der Waals surface area contributed by atoms with Gasteiger partial charge in [0.1, 0.15) is 5.82 Å². The lowest BCUT2D eigenvalue weighted by Crippen LogP contribution is -2.51. The van der Waals surface area contributed by atoms with Crippen LogP contribution in [0.5, 0.6) is 0 Å². The van der Waals surface area contributed by atoms with Crippen molar-refractivity contribution in [2.24, 2.45) is 5.41 Å². The fourth-order valence-corrected chi connectivity index (χ4v) is 4.05. The topological polar surface area (TPSA) is 32.3 Å². The zero-order valence-corrected chi connectivity index (χ0v) is 11.7. The van der Waals surface area contributed by atoms with E-state index in [-0.39, 0.29) is 23.4 Å². The summed E-state index contributed by atoms with van der Waals surface area (Å²) in [4.78, 5) is 0. The quantitative estimate of drug-likeness (QED) is 0.884. The molecule has 1 aromatic carbocycles. The first-order valence-electron chi connectivity index (χ1n) is 6.17. The van der Waals surface area contributed by atoms with Gasteiger partial charge in [-0.05, 0) is 35.8 Å². The summed E-state index contributed by atoms with van der Waals surface area (Å²) < 4.78 is 13.2. The van der Waals surface area contributed by atoms with Gasteiger partial charge in [-0.3, -0.25) is 0 Å². The van der Waals surface area contributed by atoms with Gasteiger partial charge in [-0.15, -0.1) is 0 Å². The number of aliphatic hydroxyl groups excluding tert-OH is 1. The Bertz CT molecular complexity index is 424. The Morgan fingerprint density at radius 2 is 2.17 bits per heavy atom. The standard InChI is InChI=1S/C14H20FNOS/c1-13(2)7-14(8-17,10-18-9-13)16-12-5-3-4-11(15)6-12/h3-6,16-17H,7-10H2,1-2H3. The summed E-state index contributed by atoms with van der Waals surface area (Å²) in [6, 6.07) is 6.43. The minimum atomic E-state index is -0.347. The summed E-state index contributed by atoms with van der Waals surface area (Å²) >= 11 is 1.84. The second kappa shape index (κ2) is 5.10. The number of thioether (sulfide) groups is 1. The Kier molecular flexibility index (Phi) is 3.87. The lowest BCUT2D eigenvalue weighted by molar-refractivity contribution is 0.174. The Morgan fingerprint density at radius 1 is 1.39 bits per heavy atom. The minimum absolute atomic E-state index is 0.0694. The van der Waals surface area contributed by atoms with Crippen molar-refractivity contribution in [3.8, 4) is 0 Å². The lowest BCUT2D eigenvalue weighted by Gasteiger charge is -2.44. The van der Waals surface area contributed by atoms with Gasteiger partial charge in [-0.25, -0.2) is 4.39 Å². The molecular formula is C14H20FNOS. The third-order valence-corrected chi connectivity index (χ3v) is 4.97. The van der Waals surface area contributed by atoms with E-state index in [0.717, 1.165) is 23.6 Å². The number of aliphatic hydroxyl groups is 1. The maximum Gasteiger partial charge on any atom is 0.125 e. The Morgan fingerprint density at radius 3 is 2.78 bits per heavy atom. The Hall–Kier alpha value is -0.740. The van der Waals surface area contributed by atoms with E-state index < -0.39 is 0 Å². The van der Waals surface area contributed by atoms with Crippen molar-refractivity contribution in [2.75, 3.05) is 23.4 Å². The largest absolute Gasteiger partial charge is 0.394 e. The van der Waals surface area contributed by atoms with Crippen LogP contribution in [0.1, 0.15) is 20.3 Å². The molecule has 2 N–H and O–H groups in total. The highest BCUT2D eigenvalue weighted by Gasteiger charge is 2.40. The molecule has 0 spiro atoms. The summed E-state index contributed by atoms with van der Waals surface area (Å²) in [5, 5.41) is 13.1. The lowest BCUT2D eigenvalue weighted by atomic mass is 9.80. The maximum atomic E-state index is 13.2. The maximum absolute atomic E-state index is 13.2. The SMILES string of the molecule is CC1(C)CSCC(CO)(Nc2cccc(F)c2)C1. The van der Waals surface area contributed by atoms with Gasteiger partial charge in [0.15, 0.2) is 0 Å². The van der Waals surface area contributed by atoms with Crippen LogP contribution < -0.4 is 5.32 Å².